The van der Waals surface area contributed by atoms with Crippen LogP contribution in [-0.4, -0.2) is 23.7 Å². The molecule has 3 N–H and O–H groups in total. The Hall–Kier alpha value is -1.29. The molecule has 0 radical (unpaired) electrons. The first kappa shape index (κ1) is 9.90. The first-order valence-corrected chi connectivity index (χ1v) is 5.92. The fourth-order valence-electron chi connectivity index (χ4n) is 2.34. The van der Waals surface area contributed by atoms with Crippen LogP contribution in [0.3, 0.4) is 0 Å². The molecule has 2 unspecified atom stereocenters. The van der Waals surface area contributed by atoms with Crippen molar-refractivity contribution in [1.82, 2.24) is 4.98 Å². The summed E-state index contributed by atoms with van der Waals surface area (Å²) in [7, 11) is 0. The van der Waals surface area contributed by atoms with Crippen LogP contribution in [-0.2, 0) is 4.74 Å². The van der Waals surface area contributed by atoms with E-state index in [4.69, 9.17) is 10.5 Å². The summed E-state index contributed by atoms with van der Waals surface area (Å²) in [5.41, 5.74) is 6.31. The van der Waals surface area contributed by atoms with Crippen LogP contribution in [0, 0.1) is 5.92 Å². The van der Waals surface area contributed by atoms with E-state index >= 15 is 0 Å². The predicted octanol–water partition coefficient (Wildman–Crippen LogP) is 1.64. The van der Waals surface area contributed by atoms with Gasteiger partial charge in [0, 0.05) is 6.61 Å². The number of rotatable bonds is 3. The Labute approximate surface area is 95.2 Å². The second kappa shape index (κ2) is 3.94. The summed E-state index contributed by atoms with van der Waals surface area (Å²) in [6, 6.07) is 4.22. The fourth-order valence-corrected chi connectivity index (χ4v) is 2.34. The van der Waals surface area contributed by atoms with Crippen molar-refractivity contribution in [2.75, 3.05) is 17.7 Å². The van der Waals surface area contributed by atoms with Crippen LogP contribution in [0.1, 0.15) is 19.3 Å². The van der Waals surface area contributed by atoms with Crippen LogP contribution in [0.15, 0.2) is 18.3 Å². The third-order valence-corrected chi connectivity index (χ3v) is 3.34. The number of nitrogens with two attached hydrogens (primary N) is 1. The van der Waals surface area contributed by atoms with Crippen LogP contribution >= 0.6 is 0 Å². The maximum atomic E-state index is 5.77. The van der Waals surface area contributed by atoms with Gasteiger partial charge in [-0.25, -0.2) is 4.98 Å². The van der Waals surface area contributed by atoms with Gasteiger partial charge in [0.2, 0.25) is 0 Å². The summed E-state index contributed by atoms with van der Waals surface area (Å²) in [5.74, 6) is 1.67. The topological polar surface area (TPSA) is 60.2 Å². The number of pyridine rings is 1. The van der Waals surface area contributed by atoms with Crippen molar-refractivity contribution in [3.63, 3.8) is 0 Å². The molecule has 1 saturated carbocycles. The first-order chi connectivity index (χ1) is 7.83. The Kier molecular flexibility index (Phi) is 2.44. The monoisotopic (exact) mass is 219 g/mol. The number of ether oxygens (including phenoxy) is 1. The molecule has 4 heteroatoms. The number of hydrogen-bond acceptors (Lipinski definition) is 4. The van der Waals surface area contributed by atoms with Gasteiger partial charge in [-0.3, -0.25) is 0 Å². The van der Waals surface area contributed by atoms with Crippen molar-refractivity contribution in [1.29, 1.82) is 0 Å². The van der Waals surface area contributed by atoms with Gasteiger partial charge in [0.25, 0.3) is 0 Å². The summed E-state index contributed by atoms with van der Waals surface area (Å²) in [5, 5.41) is 3.45. The molecule has 4 nitrogen and oxygen atoms in total. The number of aromatic nitrogens is 1. The zero-order chi connectivity index (χ0) is 11.0. The molecule has 16 heavy (non-hydrogen) atoms. The SMILES string of the molecule is Nc1ccc(NC2CCOC2C2CC2)nc1. The minimum absolute atomic E-state index is 0.388. The minimum Gasteiger partial charge on any atom is -0.397 e. The third-order valence-electron chi connectivity index (χ3n) is 3.34. The van der Waals surface area contributed by atoms with Gasteiger partial charge in [-0.2, -0.15) is 0 Å². The van der Waals surface area contributed by atoms with Gasteiger partial charge in [-0.05, 0) is 37.3 Å². The average Bonchev–Trinajstić information content (AvgIpc) is 3.03. The lowest BCUT2D eigenvalue weighted by atomic mass is 10.1. The number of anilines is 2. The van der Waals surface area contributed by atoms with E-state index in [2.05, 4.69) is 10.3 Å². The average molecular weight is 219 g/mol. The molecule has 1 aliphatic heterocycles. The van der Waals surface area contributed by atoms with Crippen molar-refractivity contribution in [3.8, 4) is 0 Å². The lowest BCUT2D eigenvalue weighted by molar-refractivity contribution is 0.0898. The van der Waals surface area contributed by atoms with Crippen LogP contribution < -0.4 is 11.1 Å². The summed E-state index contributed by atoms with van der Waals surface area (Å²) in [6.07, 6.45) is 5.78. The molecule has 1 aliphatic carbocycles. The zero-order valence-electron chi connectivity index (χ0n) is 9.23. The maximum absolute atomic E-state index is 5.77. The highest BCUT2D eigenvalue weighted by atomic mass is 16.5. The lowest BCUT2D eigenvalue weighted by Gasteiger charge is -2.19. The number of nitrogen functional groups attached to an aromatic ring is 1. The molecule has 0 bridgehead atoms. The molecular formula is C12H17N3O. The largest absolute Gasteiger partial charge is 0.397 e. The molecule has 3 rings (SSSR count). The fraction of sp³-hybridized carbons (Fsp3) is 0.583. The molecule has 2 fully saturated rings. The molecule has 1 aromatic heterocycles. The van der Waals surface area contributed by atoms with Crippen molar-refractivity contribution in [2.45, 2.75) is 31.4 Å². The van der Waals surface area contributed by atoms with E-state index in [1.165, 1.54) is 12.8 Å². The van der Waals surface area contributed by atoms with Gasteiger partial charge in [-0.15, -0.1) is 0 Å². The quantitative estimate of drug-likeness (QED) is 0.811. The van der Waals surface area contributed by atoms with Gasteiger partial charge < -0.3 is 15.8 Å². The van der Waals surface area contributed by atoms with E-state index in [-0.39, 0.29) is 0 Å². The number of hydrogen-bond donors (Lipinski definition) is 2. The van der Waals surface area contributed by atoms with Gasteiger partial charge in [-0.1, -0.05) is 0 Å². The molecule has 0 aromatic carbocycles. The molecule has 0 spiro atoms. The van der Waals surface area contributed by atoms with Crippen molar-refractivity contribution in [3.05, 3.63) is 18.3 Å². The van der Waals surface area contributed by atoms with Crippen molar-refractivity contribution >= 4 is 11.5 Å². The standard InChI is InChI=1S/C12H17N3O/c13-9-3-4-11(14-7-9)15-10-5-6-16-12(10)8-1-2-8/h3-4,7-8,10,12H,1-2,5-6,13H2,(H,14,15). The molecule has 86 valence electrons. The zero-order valence-corrected chi connectivity index (χ0v) is 9.23. The van der Waals surface area contributed by atoms with Gasteiger partial charge in [0.1, 0.15) is 5.82 Å². The van der Waals surface area contributed by atoms with Crippen LogP contribution in [0.2, 0.25) is 0 Å². The van der Waals surface area contributed by atoms with Crippen molar-refractivity contribution < 1.29 is 4.74 Å². The molecule has 2 heterocycles. The Morgan fingerprint density at radius 3 is 2.88 bits per heavy atom. The highest BCUT2D eigenvalue weighted by molar-refractivity contribution is 5.44. The van der Waals surface area contributed by atoms with E-state index in [9.17, 15) is 0 Å². The summed E-state index contributed by atoms with van der Waals surface area (Å²) >= 11 is 0. The predicted molar refractivity (Wildman–Crippen MR) is 63.1 cm³/mol. The maximum Gasteiger partial charge on any atom is 0.126 e. The molecule has 0 amide bonds. The Morgan fingerprint density at radius 2 is 2.19 bits per heavy atom. The number of nitrogens with one attached hydrogen (secondary N) is 1. The third kappa shape index (κ3) is 1.97. The van der Waals surface area contributed by atoms with E-state index in [1.54, 1.807) is 6.20 Å². The van der Waals surface area contributed by atoms with E-state index in [1.807, 2.05) is 12.1 Å². The van der Waals surface area contributed by atoms with E-state index in [0.717, 1.165) is 24.8 Å². The van der Waals surface area contributed by atoms with Crippen LogP contribution in [0.4, 0.5) is 11.5 Å². The van der Waals surface area contributed by atoms with Gasteiger partial charge in [0.15, 0.2) is 0 Å². The first-order valence-electron chi connectivity index (χ1n) is 5.92. The highest BCUT2D eigenvalue weighted by Gasteiger charge is 2.40. The number of nitrogens with zero attached hydrogens (tertiary/aromatic N) is 1. The van der Waals surface area contributed by atoms with E-state index in [0.29, 0.717) is 17.8 Å². The van der Waals surface area contributed by atoms with Crippen LogP contribution in [0.25, 0.3) is 0 Å². The summed E-state index contributed by atoms with van der Waals surface area (Å²) in [6.45, 7) is 0.869. The minimum atomic E-state index is 0.388. The second-order valence-corrected chi connectivity index (χ2v) is 4.69. The Morgan fingerprint density at radius 1 is 1.31 bits per heavy atom. The molecule has 1 saturated heterocycles. The second-order valence-electron chi connectivity index (χ2n) is 4.69. The van der Waals surface area contributed by atoms with Crippen LogP contribution in [0.5, 0.6) is 0 Å². The van der Waals surface area contributed by atoms with Crippen molar-refractivity contribution in [2.24, 2.45) is 5.92 Å². The molecule has 2 atom stereocenters. The molecular weight excluding hydrogens is 202 g/mol. The Balaban J connectivity index is 1.66. The molecule has 1 aromatic rings. The normalized spacial score (nSPS) is 29.2. The van der Waals surface area contributed by atoms with E-state index < -0.39 is 0 Å². The highest BCUT2D eigenvalue weighted by Crippen LogP contribution is 2.39. The molecule has 2 aliphatic rings. The smallest absolute Gasteiger partial charge is 0.126 e. The van der Waals surface area contributed by atoms with Gasteiger partial charge in [0.05, 0.1) is 24.0 Å². The summed E-state index contributed by atoms with van der Waals surface area (Å²) in [4.78, 5) is 4.26. The Bertz CT molecular complexity index is 361. The summed E-state index contributed by atoms with van der Waals surface area (Å²) < 4.78 is 5.77. The lowest BCUT2D eigenvalue weighted by Crippen LogP contribution is -2.31. The van der Waals surface area contributed by atoms with Gasteiger partial charge >= 0.3 is 0 Å².